The van der Waals surface area contributed by atoms with Crippen molar-refractivity contribution in [3.8, 4) is 0 Å². The van der Waals surface area contributed by atoms with Crippen molar-refractivity contribution in [2.24, 2.45) is 22.1 Å². The number of aromatic nitrogens is 2. The molecule has 2 heterocycles. The number of nitrogens with zero attached hydrogens (tertiary/aromatic N) is 6. The standard InChI is InChI=1S/C19H28N8O/c1-13(2)10-15-4-5-16(19(20)23-25-21)17(11-15)27-8-6-26(7-9-27)12-18-22-14(3)24-28-18/h4-5,11,13H,6-10,12H2,1-3H3,(H3,20,21,23). The Hall–Kier alpha value is -2.81. The SMILES string of the molecule is Cc1noc(CN2CCN(c3cc(CC(C)C)ccc3C(=N)/N=N\N)CC2)n1. The average Bonchev–Trinajstić information content (AvgIpc) is 3.07. The van der Waals surface area contributed by atoms with E-state index in [0.29, 0.717) is 24.2 Å². The molecule has 1 aliphatic heterocycles. The zero-order valence-corrected chi connectivity index (χ0v) is 16.7. The highest BCUT2D eigenvalue weighted by Crippen LogP contribution is 2.26. The third-order valence-electron chi connectivity index (χ3n) is 4.76. The summed E-state index contributed by atoms with van der Waals surface area (Å²) >= 11 is 0. The van der Waals surface area contributed by atoms with Crippen LogP contribution in [-0.2, 0) is 13.0 Å². The van der Waals surface area contributed by atoms with Crippen LogP contribution in [0.1, 0.15) is 36.7 Å². The number of nitrogens with two attached hydrogens (primary N) is 1. The summed E-state index contributed by atoms with van der Waals surface area (Å²) in [5.74, 6) is 7.12. The smallest absolute Gasteiger partial charge is 0.240 e. The van der Waals surface area contributed by atoms with Crippen LogP contribution in [-0.4, -0.2) is 47.1 Å². The molecule has 0 bridgehead atoms. The molecule has 0 spiro atoms. The largest absolute Gasteiger partial charge is 0.368 e. The first kappa shape index (κ1) is 19.9. The van der Waals surface area contributed by atoms with Crippen LogP contribution >= 0.6 is 0 Å². The van der Waals surface area contributed by atoms with Gasteiger partial charge in [0.2, 0.25) is 5.89 Å². The molecule has 2 aromatic rings. The molecule has 9 heteroatoms. The van der Waals surface area contributed by atoms with Gasteiger partial charge in [-0.1, -0.05) is 30.3 Å². The molecule has 3 rings (SSSR count). The Balaban J connectivity index is 1.74. The van der Waals surface area contributed by atoms with Crippen molar-refractivity contribution in [3.05, 3.63) is 41.0 Å². The van der Waals surface area contributed by atoms with E-state index in [2.05, 4.69) is 56.3 Å². The van der Waals surface area contributed by atoms with Crippen molar-refractivity contribution in [2.75, 3.05) is 31.1 Å². The van der Waals surface area contributed by atoms with Gasteiger partial charge in [0.1, 0.15) is 0 Å². The summed E-state index contributed by atoms with van der Waals surface area (Å²) in [5, 5.41) is 19.1. The van der Waals surface area contributed by atoms with E-state index in [1.165, 1.54) is 5.56 Å². The maximum absolute atomic E-state index is 8.19. The molecule has 0 amide bonds. The van der Waals surface area contributed by atoms with Gasteiger partial charge in [0.05, 0.1) is 6.54 Å². The first-order valence-electron chi connectivity index (χ1n) is 9.55. The van der Waals surface area contributed by atoms with Crippen molar-refractivity contribution >= 4 is 11.5 Å². The third kappa shape index (κ3) is 4.92. The summed E-state index contributed by atoms with van der Waals surface area (Å²) < 4.78 is 5.23. The molecule has 1 aliphatic rings. The predicted octanol–water partition coefficient (Wildman–Crippen LogP) is 2.55. The second kappa shape index (κ2) is 8.92. The molecule has 0 unspecified atom stereocenters. The van der Waals surface area contributed by atoms with E-state index < -0.39 is 0 Å². The summed E-state index contributed by atoms with van der Waals surface area (Å²) in [6.45, 7) is 10.3. The number of nitrogens with one attached hydrogen (secondary N) is 1. The number of hydrogen-bond acceptors (Lipinski definition) is 7. The summed E-state index contributed by atoms with van der Waals surface area (Å²) in [6.07, 6.45) is 0.996. The molecule has 0 aliphatic carbocycles. The Labute approximate surface area is 165 Å². The van der Waals surface area contributed by atoms with Gasteiger partial charge in [0.15, 0.2) is 11.7 Å². The number of rotatable bonds is 6. The summed E-state index contributed by atoms with van der Waals surface area (Å²) in [4.78, 5) is 8.88. The van der Waals surface area contributed by atoms with E-state index in [0.717, 1.165) is 43.9 Å². The fourth-order valence-corrected chi connectivity index (χ4v) is 3.49. The lowest BCUT2D eigenvalue weighted by Crippen LogP contribution is -2.46. The van der Waals surface area contributed by atoms with Crippen LogP contribution in [0.2, 0.25) is 0 Å². The van der Waals surface area contributed by atoms with Crippen LogP contribution in [0.3, 0.4) is 0 Å². The molecule has 0 radical (unpaired) electrons. The Morgan fingerprint density at radius 2 is 2.04 bits per heavy atom. The van der Waals surface area contributed by atoms with Gasteiger partial charge in [0.25, 0.3) is 0 Å². The number of amidine groups is 1. The molecule has 150 valence electrons. The van der Waals surface area contributed by atoms with E-state index in [4.69, 9.17) is 15.8 Å². The topological polar surface area (TPSA) is 120 Å². The minimum Gasteiger partial charge on any atom is -0.368 e. The lowest BCUT2D eigenvalue weighted by Gasteiger charge is -2.36. The fourth-order valence-electron chi connectivity index (χ4n) is 3.49. The van der Waals surface area contributed by atoms with E-state index in [9.17, 15) is 0 Å². The van der Waals surface area contributed by atoms with Crippen LogP contribution in [0.5, 0.6) is 0 Å². The van der Waals surface area contributed by atoms with Gasteiger partial charge in [-0.3, -0.25) is 10.3 Å². The van der Waals surface area contributed by atoms with Gasteiger partial charge in [-0.05, 0) is 37.0 Å². The normalized spacial score (nSPS) is 15.6. The van der Waals surface area contributed by atoms with Crippen LogP contribution in [0.15, 0.2) is 33.1 Å². The molecule has 0 saturated carbocycles. The quantitative estimate of drug-likeness (QED) is 0.260. The highest BCUT2D eigenvalue weighted by atomic mass is 16.5. The molecule has 1 aromatic heterocycles. The highest BCUT2D eigenvalue weighted by Gasteiger charge is 2.22. The minimum absolute atomic E-state index is 0.0809. The highest BCUT2D eigenvalue weighted by molar-refractivity contribution is 6.02. The zero-order chi connectivity index (χ0) is 20.1. The Morgan fingerprint density at radius 3 is 2.64 bits per heavy atom. The van der Waals surface area contributed by atoms with E-state index in [1.807, 2.05) is 13.0 Å². The van der Waals surface area contributed by atoms with E-state index in [1.54, 1.807) is 0 Å². The van der Waals surface area contributed by atoms with Crippen LogP contribution in [0, 0.1) is 18.3 Å². The maximum atomic E-state index is 8.19. The Bertz CT molecular complexity index is 836. The lowest BCUT2D eigenvalue weighted by atomic mass is 9.99. The first-order valence-corrected chi connectivity index (χ1v) is 9.55. The van der Waals surface area contributed by atoms with Gasteiger partial charge in [-0.2, -0.15) is 4.98 Å². The molecular formula is C19H28N8O. The number of aryl methyl sites for hydroxylation is 1. The molecule has 3 N–H and O–H groups in total. The van der Waals surface area contributed by atoms with Crippen molar-refractivity contribution in [1.82, 2.24) is 15.0 Å². The zero-order valence-electron chi connectivity index (χ0n) is 16.7. The second-order valence-electron chi connectivity index (χ2n) is 7.51. The van der Waals surface area contributed by atoms with Crippen LogP contribution in [0.4, 0.5) is 5.69 Å². The second-order valence-corrected chi connectivity index (χ2v) is 7.51. The molecule has 0 atom stereocenters. The summed E-state index contributed by atoms with van der Waals surface area (Å²) in [7, 11) is 0. The van der Waals surface area contributed by atoms with Gasteiger partial charge in [-0.15, -0.1) is 5.11 Å². The number of benzene rings is 1. The third-order valence-corrected chi connectivity index (χ3v) is 4.76. The first-order chi connectivity index (χ1) is 13.5. The summed E-state index contributed by atoms with van der Waals surface area (Å²) in [5.41, 5.74) is 3.03. The Morgan fingerprint density at radius 1 is 1.29 bits per heavy atom. The van der Waals surface area contributed by atoms with Crippen molar-refractivity contribution in [1.29, 1.82) is 5.41 Å². The molecule has 9 nitrogen and oxygen atoms in total. The maximum Gasteiger partial charge on any atom is 0.240 e. The molecule has 1 fully saturated rings. The molecule has 1 aromatic carbocycles. The van der Waals surface area contributed by atoms with Gasteiger partial charge in [-0.25, -0.2) is 0 Å². The Kier molecular flexibility index (Phi) is 6.35. The molecule has 1 saturated heterocycles. The number of anilines is 1. The fraction of sp³-hybridized carbons (Fsp3) is 0.526. The molecular weight excluding hydrogens is 356 g/mol. The van der Waals surface area contributed by atoms with Crippen molar-refractivity contribution < 1.29 is 4.52 Å². The van der Waals surface area contributed by atoms with Crippen LogP contribution in [0.25, 0.3) is 0 Å². The minimum atomic E-state index is 0.0809. The average molecular weight is 384 g/mol. The van der Waals surface area contributed by atoms with Crippen LogP contribution < -0.4 is 10.7 Å². The van der Waals surface area contributed by atoms with Crippen molar-refractivity contribution in [3.63, 3.8) is 0 Å². The van der Waals surface area contributed by atoms with Gasteiger partial charge < -0.3 is 15.3 Å². The van der Waals surface area contributed by atoms with E-state index in [-0.39, 0.29) is 5.84 Å². The lowest BCUT2D eigenvalue weighted by molar-refractivity contribution is 0.215. The summed E-state index contributed by atoms with van der Waals surface area (Å²) in [6, 6.07) is 6.19. The molecule has 28 heavy (non-hydrogen) atoms. The van der Waals surface area contributed by atoms with Gasteiger partial charge in [0, 0.05) is 37.4 Å². The van der Waals surface area contributed by atoms with E-state index >= 15 is 0 Å². The van der Waals surface area contributed by atoms with Crippen molar-refractivity contribution in [2.45, 2.75) is 33.7 Å². The monoisotopic (exact) mass is 384 g/mol. The number of piperazine rings is 1. The van der Waals surface area contributed by atoms with Gasteiger partial charge >= 0.3 is 0 Å². The number of hydrogen-bond donors (Lipinski definition) is 2. The predicted molar refractivity (Wildman–Crippen MR) is 107 cm³/mol.